The number of carbonyl (C=O) groups excluding carboxylic acids is 1. The van der Waals surface area contributed by atoms with Crippen LogP contribution in [0.1, 0.15) is 10.4 Å². The van der Waals surface area contributed by atoms with E-state index in [9.17, 15) is 4.79 Å². The van der Waals surface area contributed by atoms with Gasteiger partial charge in [0.05, 0.1) is 26.9 Å². The summed E-state index contributed by atoms with van der Waals surface area (Å²) >= 11 is 0. The number of hydrogen-bond donors (Lipinski definition) is 0. The third-order valence-electron chi connectivity index (χ3n) is 3.04. The van der Waals surface area contributed by atoms with E-state index in [4.69, 9.17) is 14.2 Å². The van der Waals surface area contributed by atoms with Crippen molar-refractivity contribution in [2.24, 2.45) is 0 Å². The molecule has 0 bridgehead atoms. The van der Waals surface area contributed by atoms with Crippen LogP contribution in [0.4, 0.5) is 0 Å². The van der Waals surface area contributed by atoms with Crippen LogP contribution in [-0.4, -0.2) is 46.5 Å². The molecule has 0 aliphatic heterocycles. The Morgan fingerprint density at radius 2 is 1.41 bits per heavy atom. The number of ether oxygens (including phenoxy) is 3. The summed E-state index contributed by atoms with van der Waals surface area (Å²) in [4.78, 5) is 11.1. The molecule has 2 rings (SSSR count). The van der Waals surface area contributed by atoms with E-state index in [1.165, 1.54) is 5.30 Å². The van der Waals surface area contributed by atoms with Crippen LogP contribution in [0.3, 0.4) is 0 Å². The zero-order valence-electron chi connectivity index (χ0n) is 12.2. The Kier molecular flexibility index (Phi) is 7.48. The number of aldehydes is 1. The molecule has 4 nitrogen and oxygen atoms in total. The van der Waals surface area contributed by atoms with Crippen molar-refractivity contribution >= 4 is 44.3 Å². The van der Waals surface area contributed by atoms with Gasteiger partial charge in [-0.2, -0.15) is 0 Å². The van der Waals surface area contributed by atoms with Gasteiger partial charge in [0.15, 0.2) is 6.29 Å². The van der Waals surface area contributed by atoms with Gasteiger partial charge in [0, 0.05) is 0 Å². The number of methoxy groups -OCH3 is 3. The van der Waals surface area contributed by atoms with E-state index in [1.54, 1.807) is 21.3 Å². The Hall–Kier alpha value is -1.46. The van der Waals surface area contributed by atoms with Gasteiger partial charge in [0.25, 0.3) is 0 Å². The van der Waals surface area contributed by atoms with Gasteiger partial charge >= 0.3 is 18.9 Å². The first-order valence-corrected chi connectivity index (χ1v) is 7.34. The number of rotatable bonds is 6. The summed E-state index contributed by atoms with van der Waals surface area (Å²) in [5.41, 5.74) is 0.434. The molecule has 0 fully saturated rings. The molecule has 112 valence electrons. The van der Waals surface area contributed by atoms with Gasteiger partial charge < -0.3 is 14.2 Å². The zero-order chi connectivity index (χ0) is 15.2. The fourth-order valence-electron chi connectivity index (χ4n) is 1.97. The van der Waals surface area contributed by atoms with E-state index in [0.29, 0.717) is 25.6 Å². The van der Waals surface area contributed by atoms with Crippen molar-refractivity contribution in [2.75, 3.05) is 21.3 Å². The first-order valence-electron chi connectivity index (χ1n) is 6.34. The molecule has 0 N–H and O–H groups in total. The second-order valence-corrected chi connectivity index (χ2v) is 5.67. The Balaban J connectivity index is 0.00000242. The quantitative estimate of drug-likeness (QED) is 0.461. The molecule has 0 amide bonds. The van der Waals surface area contributed by atoms with Crippen molar-refractivity contribution in [1.29, 1.82) is 0 Å². The summed E-state index contributed by atoms with van der Waals surface area (Å²) in [5, 5.41) is 2.21. The van der Waals surface area contributed by atoms with Crippen molar-refractivity contribution in [3.05, 3.63) is 42.0 Å². The Labute approximate surface area is 144 Å². The van der Waals surface area contributed by atoms with E-state index in [1.807, 2.05) is 36.4 Å². The molecule has 2 aromatic rings. The normalized spacial score (nSPS) is 10.1. The summed E-state index contributed by atoms with van der Waals surface area (Å²) < 4.78 is 15.7. The fourth-order valence-corrected chi connectivity index (χ4v) is 3.04. The molecule has 2 aromatic carbocycles. The minimum absolute atomic E-state index is 0. The van der Waals surface area contributed by atoms with Gasteiger partial charge in [-0.05, 0) is 34.9 Å². The molecule has 0 radical (unpaired) electrons. The fraction of sp³-hybridized carbons (Fsp3) is 0.188. The molecule has 0 aliphatic rings. The molecule has 6 heteroatoms. The third kappa shape index (κ3) is 4.27. The van der Waals surface area contributed by atoms with Crippen molar-refractivity contribution < 1.29 is 19.0 Å². The zero-order valence-corrected chi connectivity index (χ0v) is 13.2. The molecule has 1 atom stereocenters. The van der Waals surface area contributed by atoms with Crippen LogP contribution in [0.15, 0.2) is 36.4 Å². The van der Waals surface area contributed by atoms with E-state index >= 15 is 0 Å². The first kappa shape index (κ1) is 18.6. The Morgan fingerprint density at radius 3 is 1.82 bits per heavy atom. The minimum atomic E-state index is 0. The molecular weight excluding hydrogens is 294 g/mol. The average Bonchev–Trinajstić information content (AvgIpc) is 2.54. The topological polar surface area (TPSA) is 44.8 Å². The van der Waals surface area contributed by atoms with Crippen molar-refractivity contribution in [1.82, 2.24) is 0 Å². The monoisotopic (exact) mass is 312 g/mol. The van der Waals surface area contributed by atoms with E-state index in [0.717, 1.165) is 17.3 Å². The summed E-state index contributed by atoms with van der Waals surface area (Å²) in [6.07, 6.45) is 0.748. The second kappa shape index (κ2) is 8.85. The van der Waals surface area contributed by atoms with Gasteiger partial charge in [-0.15, -0.1) is 0 Å². The summed E-state index contributed by atoms with van der Waals surface area (Å²) in [6, 6.07) is 11.6. The molecule has 0 heterocycles. The number of carbonyl (C=O) groups is 1. The number of hydrogen-bond acceptors (Lipinski definition) is 4. The summed E-state index contributed by atoms with van der Waals surface area (Å²) in [7, 11) is 5.17. The molecule has 1 unspecified atom stereocenters. The molecule has 22 heavy (non-hydrogen) atoms. The molecule has 0 spiro atoms. The van der Waals surface area contributed by atoms with Crippen LogP contribution in [0.5, 0.6) is 17.2 Å². The average molecular weight is 312 g/mol. The first-order chi connectivity index (χ1) is 10.2. The van der Waals surface area contributed by atoms with Crippen LogP contribution in [0.2, 0.25) is 0 Å². The molecule has 0 saturated carbocycles. The van der Waals surface area contributed by atoms with E-state index in [-0.39, 0.29) is 18.9 Å². The Morgan fingerprint density at radius 1 is 0.864 bits per heavy atom. The maximum atomic E-state index is 11.1. The summed E-state index contributed by atoms with van der Waals surface area (Å²) in [6.45, 7) is 0. The van der Waals surface area contributed by atoms with Gasteiger partial charge in [-0.3, -0.25) is 4.79 Å². The Bertz CT molecular complexity index is 604. The van der Waals surface area contributed by atoms with Crippen LogP contribution in [0, 0.1) is 0 Å². The van der Waals surface area contributed by atoms with E-state index < -0.39 is 0 Å². The third-order valence-corrected chi connectivity index (χ3v) is 4.24. The van der Waals surface area contributed by atoms with Gasteiger partial charge in [0.2, 0.25) is 0 Å². The number of benzene rings is 2. The van der Waals surface area contributed by atoms with Crippen LogP contribution >= 0.6 is 8.58 Å². The molecule has 0 aliphatic carbocycles. The standard InChI is InChI=1S/C16H17O4P.Li.H/c1-18-11-4-6-12(7-5-11)21-13-8-15(19-2)14(10-17)16(9-13)20-3;;/h4-10,21H,1-3H3;;. The SMILES string of the molecule is COc1ccc(Pc2cc(OC)c(C=O)c(OC)c2)cc1.[LiH]. The van der Waals surface area contributed by atoms with Gasteiger partial charge in [0.1, 0.15) is 17.2 Å². The second-order valence-electron chi connectivity index (χ2n) is 4.27. The predicted octanol–water partition coefficient (Wildman–Crippen LogP) is 1.51. The molecule has 0 aromatic heterocycles. The summed E-state index contributed by atoms with van der Waals surface area (Å²) in [5.74, 6) is 1.88. The van der Waals surface area contributed by atoms with Crippen LogP contribution < -0.4 is 24.8 Å². The maximum absolute atomic E-state index is 11.1. The van der Waals surface area contributed by atoms with Crippen LogP contribution in [-0.2, 0) is 0 Å². The predicted molar refractivity (Wildman–Crippen MR) is 92.7 cm³/mol. The van der Waals surface area contributed by atoms with Crippen molar-refractivity contribution in [3.63, 3.8) is 0 Å². The molecular formula is C16H18LiO4P. The van der Waals surface area contributed by atoms with Gasteiger partial charge in [-0.25, -0.2) is 0 Å². The van der Waals surface area contributed by atoms with Crippen molar-refractivity contribution in [3.8, 4) is 17.2 Å². The van der Waals surface area contributed by atoms with Gasteiger partial charge in [-0.1, -0.05) is 20.7 Å². The van der Waals surface area contributed by atoms with E-state index in [2.05, 4.69) is 0 Å². The van der Waals surface area contributed by atoms with Crippen LogP contribution in [0.25, 0.3) is 0 Å². The molecule has 0 saturated heterocycles. The van der Waals surface area contributed by atoms with Crippen molar-refractivity contribution in [2.45, 2.75) is 0 Å².